The Morgan fingerprint density at radius 2 is 1.85 bits per heavy atom. The van der Waals surface area contributed by atoms with E-state index in [4.69, 9.17) is 0 Å². The number of benzene rings is 1. The molecule has 1 aromatic carbocycles. The zero-order valence-corrected chi connectivity index (χ0v) is 15.1. The first-order valence-electron chi connectivity index (χ1n) is 8.41. The quantitative estimate of drug-likeness (QED) is 0.716. The predicted molar refractivity (Wildman–Crippen MR) is 98.4 cm³/mol. The van der Waals surface area contributed by atoms with Gasteiger partial charge in [-0.3, -0.25) is 24.0 Å². The van der Waals surface area contributed by atoms with E-state index in [0.717, 1.165) is 21.5 Å². The Hall–Kier alpha value is -3.55. The molecule has 4 rings (SSSR count). The van der Waals surface area contributed by atoms with Gasteiger partial charge in [0.2, 0.25) is 5.91 Å². The van der Waals surface area contributed by atoms with Crippen LogP contribution in [0.2, 0.25) is 0 Å². The Kier molecular flexibility index (Phi) is 3.76. The Bertz CT molecular complexity index is 1130. The van der Waals surface area contributed by atoms with Crippen LogP contribution in [0, 0.1) is 13.8 Å². The summed E-state index contributed by atoms with van der Waals surface area (Å²) in [6, 6.07) is 6.82. The molecule has 1 N–H and O–H groups in total. The topological polar surface area (TPSA) is 97.2 Å². The average Bonchev–Trinajstić information content (AvgIpc) is 3.03. The molecule has 0 saturated heterocycles. The van der Waals surface area contributed by atoms with Crippen molar-refractivity contribution < 1.29 is 14.4 Å². The lowest BCUT2D eigenvalue weighted by molar-refractivity contribution is -0.116. The summed E-state index contributed by atoms with van der Waals surface area (Å²) in [5, 5.41) is 7.81. The number of anilines is 1. The Balaban J connectivity index is 1.53. The first kappa shape index (κ1) is 16.9. The largest absolute Gasteiger partial charge is 0.323 e. The van der Waals surface area contributed by atoms with Crippen LogP contribution >= 0.6 is 0 Å². The van der Waals surface area contributed by atoms with E-state index in [1.165, 1.54) is 6.20 Å². The molecule has 0 fully saturated rings. The predicted octanol–water partition coefficient (Wildman–Crippen LogP) is 1.82. The van der Waals surface area contributed by atoms with Gasteiger partial charge in [0.25, 0.3) is 11.8 Å². The molecule has 3 amide bonds. The van der Waals surface area contributed by atoms with Crippen molar-refractivity contribution in [3.8, 4) is 0 Å². The molecule has 0 unspecified atom stereocenters. The van der Waals surface area contributed by atoms with Gasteiger partial charge in [-0.2, -0.15) is 5.10 Å². The van der Waals surface area contributed by atoms with E-state index in [0.29, 0.717) is 22.5 Å². The smallest absolute Gasteiger partial charge is 0.262 e. The molecule has 0 atom stereocenters. The van der Waals surface area contributed by atoms with E-state index in [9.17, 15) is 14.4 Å². The van der Waals surface area contributed by atoms with Crippen LogP contribution in [-0.2, 0) is 11.8 Å². The molecule has 27 heavy (non-hydrogen) atoms. The van der Waals surface area contributed by atoms with Gasteiger partial charge in [0.1, 0.15) is 6.54 Å². The zero-order chi connectivity index (χ0) is 19.3. The highest BCUT2D eigenvalue weighted by atomic mass is 16.2. The minimum absolute atomic E-state index is 0.326. The first-order valence-corrected chi connectivity index (χ1v) is 8.41. The maximum Gasteiger partial charge on any atom is 0.262 e. The number of rotatable bonds is 3. The molecule has 0 bridgehead atoms. The number of nitrogens with zero attached hydrogens (tertiary/aromatic N) is 4. The number of carbonyl (C=O) groups excluding carboxylic acids is 3. The molecule has 1 aliphatic heterocycles. The number of aryl methyl sites for hydroxylation is 3. The maximum atomic E-state index is 12.5. The molecule has 8 heteroatoms. The molecule has 8 nitrogen and oxygen atoms in total. The van der Waals surface area contributed by atoms with Gasteiger partial charge < -0.3 is 5.32 Å². The van der Waals surface area contributed by atoms with Crippen molar-refractivity contribution in [2.45, 2.75) is 13.8 Å². The van der Waals surface area contributed by atoms with Crippen LogP contribution in [0.25, 0.3) is 11.0 Å². The van der Waals surface area contributed by atoms with E-state index in [1.807, 2.05) is 13.8 Å². The number of aromatic nitrogens is 3. The molecule has 0 saturated carbocycles. The third kappa shape index (κ3) is 2.75. The van der Waals surface area contributed by atoms with Crippen molar-refractivity contribution in [1.82, 2.24) is 19.7 Å². The van der Waals surface area contributed by atoms with Gasteiger partial charge in [-0.25, -0.2) is 4.98 Å². The van der Waals surface area contributed by atoms with Crippen molar-refractivity contribution in [1.29, 1.82) is 0 Å². The van der Waals surface area contributed by atoms with E-state index in [2.05, 4.69) is 15.4 Å². The van der Waals surface area contributed by atoms with E-state index < -0.39 is 17.7 Å². The fourth-order valence-corrected chi connectivity index (χ4v) is 3.27. The summed E-state index contributed by atoms with van der Waals surface area (Å²) in [7, 11) is 1.80. The van der Waals surface area contributed by atoms with Gasteiger partial charge in [0.05, 0.1) is 28.7 Å². The number of hydrogen-bond donors (Lipinski definition) is 1. The van der Waals surface area contributed by atoms with Gasteiger partial charge in [-0.1, -0.05) is 11.6 Å². The lowest BCUT2D eigenvalue weighted by Gasteiger charge is -2.13. The highest BCUT2D eigenvalue weighted by molar-refractivity contribution is 6.22. The number of nitrogens with one attached hydrogen (secondary N) is 1. The molecule has 3 aromatic rings. The Labute approximate surface area is 154 Å². The van der Waals surface area contributed by atoms with Crippen LogP contribution < -0.4 is 5.32 Å². The highest BCUT2D eigenvalue weighted by Crippen LogP contribution is 2.24. The average molecular weight is 363 g/mol. The van der Waals surface area contributed by atoms with Gasteiger partial charge in [-0.15, -0.1) is 0 Å². The summed E-state index contributed by atoms with van der Waals surface area (Å²) in [6.07, 6.45) is 1.52. The van der Waals surface area contributed by atoms with Crippen molar-refractivity contribution in [2.24, 2.45) is 7.05 Å². The monoisotopic (exact) mass is 363 g/mol. The SMILES string of the molecule is Cc1ccc2c(c1)C(=O)N(CC(=O)Nc1cnc3c(c1)c(C)nn3C)C2=O. The normalized spacial score (nSPS) is 13.4. The molecule has 0 spiro atoms. The van der Waals surface area contributed by atoms with E-state index >= 15 is 0 Å². The second-order valence-corrected chi connectivity index (χ2v) is 6.60. The van der Waals surface area contributed by atoms with Crippen LogP contribution in [0.4, 0.5) is 5.69 Å². The zero-order valence-electron chi connectivity index (χ0n) is 15.1. The van der Waals surface area contributed by atoms with E-state index in [-0.39, 0.29) is 6.54 Å². The first-order chi connectivity index (χ1) is 12.8. The van der Waals surface area contributed by atoms with Crippen molar-refractivity contribution >= 4 is 34.4 Å². The second-order valence-electron chi connectivity index (χ2n) is 6.60. The van der Waals surface area contributed by atoms with Crippen molar-refractivity contribution in [2.75, 3.05) is 11.9 Å². The third-order valence-electron chi connectivity index (χ3n) is 4.57. The number of imide groups is 1. The molecule has 136 valence electrons. The van der Waals surface area contributed by atoms with Crippen LogP contribution in [0.1, 0.15) is 32.0 Å². The Morgan fingerprint density at radius 3 is 2.63 bits per heavy atom. The number of pyridine rings is 1. The van der Waals surface area contributed by atoms with Gasteiger partial charge >= 0.3 is 0 Å². The number of carbonyl (C=O) groups is 3. The summed E-state index contributed by atoms with van der Waals surface area (Å²) < 4.78 is 1.66. The number of fused-ring (bicyclic) bond motifs is 2. The summed E-state index contributed by atoms with van der Waals surface area (Å²) in [4.78, 5) is 42.6. The van der Waals surface area contributed by atoms with Gasteiger partial charge in [0, 0.05) is 12.4 Å². The number of amides is 3. The van der Waals surface area contributed by atoms with Crippen LogP contribution in [0.3, 0.4) is 0 Å². The van der Waals surface area contributed by atoms with Crippen LogP contribution in [-0.4, -0.2) is 43.9 Å². The molecule has 1 aliphatic rings. The van der Waals surface area contributed by atoms with E-state index in [1.54, 1.807) is 36.0 Å². The summed E-state index contributed by atoms with van der Waals surface area (Å²) in [5.74, 6) is -1.38. The Morgan fingerprint density at radius 1 is 1.11 bits per heavy atom. The van der Waals surface area contributed by atoms with Gasteiger partial charge in [0.15, 0.2) is 5.65 Å². The van der Waals surface area contributed by atoms with Crippen molar-refractivity contribution in [3.63, 3.8) is 0 Å². The maximum absolute atomic E-state index is 12.5. The van der Waals surface area contributed by atoms with Crippen LogP contribution in [0.15, 0.2) is 30.5 Å². The molecule has 2 aromatic heterocycles. The molecule has 3 heterocycles. The minimum Gasteiger partial charge on any atom is -0.323 e. The third-order valence-corrected chi connectivity index (χ3v) is 4.57. The van der Waals surface area contributed by atoms with Crippen molar-refractivity contribution in [3.05, 3.63) is 52.8 Å². The number of hydrogen-bond acceptors (Lipinski definition) is 5. The lowest BCUT2D eigenvalue weighted by Crippen LogP contribution is -2.37. The minimum atomic E-state index is -0.469. The lowest BCUT2D eigenvalue weighted by atomic mass is 10.1. The highest BCUT2D eigenvalue weighted by Gasteiger charge is 2.36. The van der Waals surface area contributed by atoms with Crippen LogP contribution in [0.5, 0.6) is 0 Å². The molecule has 0 aliphatic carbocycles. The fourth-order valence-electron chi connectivity index (χ4n) is 3.27. The summed E-state index contributed by atoms with van der Waals surface area (Å²) >= 11 is 0. The second kappa shape index (κ2) is 6.01. The van der Waals surface area contributed by atoms with Gasteiger partial charge in [-0.05, 0) is 32.0 Å². The molecular formula is C19H17N5O3. The standard InChI is InChI=1S/C19H17N5O3/c1-10-4-5-13-15(6-10)19(27)24(18(13)26)9-16(25)21-12-7-14-11(2)22-23(3)17(14)20-8-12/h4-8H,9H2,1-3H3,(H,21,25). The summed E-state index contributed by atoms with van der Waals surface area (Å²) in [5.41, 5.74) is 3.53. The molecule has 0 radical (unpaired) electrons. The summed E-state index contributed by atoms with van der Waals surface area (Å²) in [6.45, 7) is 3.35. The fraction of sp³-hybridized carbons (Fsp3) is 0.211. The molecular weight excluding hydrogens is 346 g/mol.